The fourth-order valence-electron chi connectivity index (χ4n) is 4.53. The molecule has 1 aliphatic heterocycles. The minimum absolute atomic E-state index is 0.255. The highest BCUT2D eigenvalue weighted by Gasteiger charge is 2.59. The third-order valence-electron chi connectivity index (χ3n) is 6.29. The van der Waals surface area contributed by atoms with E-state index >= 15 is 0 Å². The van der Waals surface area contributed by atoms with E-state index in [2.05, 4.69) is 0 Å². The normalized spacial score (nSPS) is 27.6. The van der Waals surface area contributed by atoms with E-state index in [-0.39, 0.29) is 19.8 Å². The van der Waals surface area contributed by atoms with Crippen molar-refractivity contribution < 1.29 is 33.6 Å². The van der Waals surface area contributed by atoms with Crippen LogP contribution in [0.4, 0.5) is 4.79 Å². The summed E-state index contributed by atoms with van der Waals surface area (Å²) in [6, 6.07) is 29.1. The molecule has 5 rings (SSSR count). The monoisotopic (exact) mass is 476 g/mol. The molecular formula is C28H28O7. The predicted molar refractivity (Wildman–Crippen MR) is 126 cm³/mol. The zero-order chi connectivity index (χ0) is 24.0. The summed E-state index contributed by atoms with van der Waals surface area (Å²) in [5.74, 6) is 0. The van der Waals surface area contributed by atoms with E-state index < -0.39 is 42.8 Å². The van der Waals surface area contributed by atoms with Gasteiger partial charge in [-0.1, -0.05) is 91.0 Å². The first-order chi connectivity index (χ1) is 17.2. The topological polar surface area (TPSA) is 83.5 Å². The maximum absolute atomic E-state index is 12.1. The van der Waals surface area contributed by atoms with Crippen LogP contribution in [-0.2, 0) is 43.5 Å². The van der Waals surface area contributed by atoms with Crippen LogP contribution in [0, 0.1) is 0 Å². The molecule has 0 amide bonds. The van der Waals surface area contributed by atoms with Gasteiger partial charge in [0.25, 0.3) is 0 Å². The molecular weight excluding hydrogens is 448 g/mol. The lowest BCUT2D eigenvalue weighted by molar-refractivity contribution is -0.241. The molecule has 0 aromatic heterocycles. The van der Waals surface area contributed by atoms with Crippen molar-refractivity contribution in [2.24, 2.45) is 0 Å². The smallest absolute Gasteiger partial charge is 0.424 e. The number of hydrogen-bond donors (Lipinski definition) is 1. The van der Waals surface area contributed by atoms with E-state index in [0.29, 0.717) is 0 Å². The highest BCUT2D eigenvalue weighted by molar-refractivity contribution is 5.63. The third kappa shape index (κ3) is 5.55. The Labute approximate surface area is 204 Å². The van der Waals surface area contributed by atoms with Crippen LogP contribution in [0.2, 0.25) is 0 Å². The Morgan fingerprint density at radius 3 is 1.46 bits per heavy atom. The SMILES string of the molecule is O=C1OC2[C@H](O1)C(OCc1ccccc1)C(OCc1ccccc1)[C@H](OCc1ccccc1)[C@H]2O. The van der Waals surface area contributed by atoms with Crippen molar-refractivity contribution in [2.75, 3.05) is 0 Å². The summed E-state index contributed by atoms with van der Waals surface area (Å²) in [6.45, 7) is 0.811. The number of carbonyl (C=O) groups excluding carboxylic acids is 1. The van der Waals surface area contributed by atoms with E-state index in [9.17, 15) is 9.90 Å². The molecule has 0 spiro atoms. The van der Waals surface area contributed by atoms with E-state index in [1.54, 1.807) is 0 Å². The van der Waals surface area contributed by atoms with Gasteiger partial charge in [-0.05, 0) is 16.7 Å². The second kappa shape index (κ2) is 11.0. The number of rotatable bonds is 9. The van der Waals surface area contributed by atoms with E-state index in [1.165, 1.54) is 0 Å². The van der Waals surface area contributed by atoms with Crippen molar-refractivity contribution >= 4 is 6.16 Å². The van der Waals surface area contributed by atoms with Crippen LogP contribution in [-0.4, -0.2) is 47.9 Å². The fraction of sp³-hybridized carbons (Fsp3) is 0.321. The van der Waals surface area contributed by atoms with Gasteiger partial charge in [-0.2, -0.15) is 0 Å². The Morgan fingerprint density at radius 1 is 0.571 bits per heavy atom. The Morgan fingerprint density at radius 2 is 0.971 bits per heavy atom. The number of aliphatic hydroxyl groups excluding tert-OH is 1. The average molecular weight is 477 g/mol. The molecule has 1 heterocycles. The number of fused-ring (bicyclic) bond motifs is 1. The highest BCUT2D eigenvalue weighted by atomic mass is 16.8. The fourth-order valence-corrected chi connectivity index (χ4v) is 4.53. The minimum atomic E-state index is -1.15. The van der Waals surface area contributed by atoms with Gasteiger partial charge in [0.2, 0.25) is 0 Å². The maximum atomic E-state index is 12.1. The van der Waals surface area contributed by atoms with Crippen LogP contribution in [0.3, 0.4) is 0 Å². The lowest BCUT2D eigenvalue weighted by Crippen LogP contribution is -2.64. The van der Waals surface area contributed by atoms with Crippen molar-refractivity contribution in [3.05, 3.63) is 108 Å². The zero-order valence-electron chi connectivity index (χ0n) is 19.1. The van der Waals surface area contributed by atoms with Gasteiger partial charge in [-0.15, -0.1) is 0 Å². The second-order valence-electron chi connectivity index (χ2n) is 8.69. The number of aliphatic hydroxyl groups is 1. The molecule has 1 aliphatic carbocycles. The Balaban J connectivity index is 1.41. The molecule has 2 fully saturated rings. The lowest BCUT2D eigenvalue weighted by atomic mass is 9.84. The highest BCUT2D eigenvalue weighted by Crippen LogP contribution is 2.36. The van der Waals surface area contributed by atoms with Crippen LogP contribution < -0.4 is 0 Å². The molecule has 3 aromatic rings. The summed E-state index contributed by atoms with van der Waals surface area (Å²) < 4.78 is 29.6. The molecule has 0 radical (unpaired) electrons. The molecule has 3 unspecified atom stereocenters. The van der Waals surface area contributed by atoms with Crippen molar-refractivity contribution in [1.82, 2.24) is 0 Å². The van der Waals surface area contributed by atoms with Crippen LogP contribution in [0.15, 0.2) is 91.0 Å². The molecule has 35 heavy (non-hydrogen) atoms. The number of ether oxygens (including phenoxy) is 5. The van der Waals surface area contributed by atoms with Crippen LogP contribution >= 0.6 is 0 Å². The molecule has 1 saturated carbocycles. The van der Waals surface area contributed by atoms with Gasteiger partial charge >= 0.3 is 6.16 Å². The molecule has 7 heteroatoms. The third-order valence-corrected chi connectivity index (χ3v) is 6.29. The van der Waals surface area contributed by atoms with Crippen LogP contribution in [0.5, 0.6) is 0 Å². The number of hydrogen-bond acceptors (Lipinski definition) is 7. The average Bonchev–Trinajstić information content (AvgIpc) is 3.30. The number of carbonyl (C=O) groups is 1. The largest absolute Gasteiger partial charge is 0.509 e. The van der Waals surface area contributed by atoms with Crippen molar-refractivity contribution in [3.8, 4) is 0 Å². The molecule has 1 saturated heterocycles. The minimum Gasteiger partial charge on any atom is -0.424 e. The summed E-state index contributed by atoms with van der Waals surface area (Å²) in [5, 5.41) is 11.2. The standard InChI is InChI=1S/C28H28O7/c29-22-23(31-16-19-10-4-1-5-11-19)25(32-17-20-12-6-2-7-13-20)26(27-24(22)34-28(30)35-27)33-18-21-14-8-3-9-15-21/h1-15,22-27,29H,16-18H2/t22-,23-,24?,25?,26?,27+/m1/s1. The van der Waals surface area contributed by atoms with Gasteiger partial charge in [0.1, 0.15) is 24.4 Å². The molecule has 0 bridgehead atoms. The van der Waals surface area contributed by atoms with Gasteiger partial charge in [-0.3, -0.25) is 0 Å². The second-order valence-corrected chi connectivity index (χ2v) is 8.69. The van der Waals surface area contributed by atoms with E-state index in [4.69, 9.17) is 23.7 Å². The van der Waals surface area contributed by atoms with E-state index in [0.717, 1.165) is 16.7 Å². The summed E-state index contributed by atoms with van der Waals surface area (Å²) in [6.07, 6.45) is -5.95. The first kappa shape index (κ1) is 23.5. The van der Waals surface area contributed by atoms with Crippen molar-refractivity contribution in [2.45, 2.75) is 56.4 Å². The molecule has 1 N–H and O–H groups in total. The van der Waals surface area contributed by atoms with Gasteiger partial charge in [0.05, 0.1) is 19.8 Å². The Hall–Kier alpha value is -3.23. The molecule has 6 atom stereocenters. The van der Waals surface area contributed by atoms with Crippen LogP contribution in [0.1, 0.15) is 16.7 Å². The molecule has 2 aliphatic rings. The van der Waals surface area contributed by atoms with Gasteiger partial charge < -0.3 is 28.8 Å². The first-order valence-electron chi connectivity index (χ1n) is 11.7. The summed E-state index contributed by atoms with van der Waals surface area (Å²) >= 11 is 0. The van der Waals surface area contributed by atoms with Gasteiger partial charge in [0.15, 0.2) is 12.2 Å². The summed E-state index contributed by atoms with van der Waals surface area (Å²) in [7, 11) is 0. The molecule has 7 nitrogen and oxygen atoms in total. The van der Waals surface area contributed by atoms with Crippen LogP contribution in [0.25, 0.3) is 0 Å². The van der Waals surface area contributed by atoms with Gasteiger partial charge in [0, 0.05) is 0 Å². The van der Waals surface area contributed by atoms with Crippen molar-refractivity contribution in [3.63, 3.8) is 0 Å². The summed E-state index contributed by atoms with van der Waals surface area (Å²) in [4.78, 5) is 12.1. The Kier molecular flexibility index (Phi) is 7.39. The molecule has 182 valence electrons. The zero-order valence-corrected chi connectivity index (χ0v) is 19.1. The molecule has 3 aromatic carbocycles. The first-order valence-corrected chi connectivity index (χ1v) is 11.7. The lowest BCUT2D eigenvalue weighted by Gasteiger charge is -2.44. The van der Waals surface area contributed by atoms with Gasteiger partial charge in [-0.25, -0.2) is 4.79 Å². The van der Waals surface area contributed by atoms with E-state index in [1.807, 2.05) is 91.0 Å². The quantitative estimate of drug-likeness (QED) is 0.467. The summed E-state index contributed by atoms with van der Waals surface area (Å²) in [5.41, 5.74) is 2.88. The maximum Gasteiger partial charge on any atom is 0.509 e. The number of benzene rings is 3. The predicted octanol–water partition coefficient (Wildman–Crippen LogP) is 4.02. The van der Waals surface area contributed by atoms with Crippen molar-refractivity contribution in [1.29, 1.82) is 0 Å². The Bertz CT molecular complexity index is 1080.